The van der Waals surface area contributed by atoms with Crippen molar-refractivity contribution in [1.82, 2.24) is 4.90 Å². The lowest BCUT2D eigenvalue weighted by molar-refractivity contribution is -0.144. The van der Waals surface area contributed by atoms with Crippen LogP contribution in [0.3, 0.4) is 0 Å². The molecular formula is C14H26N2OS. The van der Waals surface area contributed by atoms with Crippen LogP contribution in [0, 0.1) is 5.41 Å². The summed E-state index contributed by atoms with van der Waals surface area (Å²) in [4.78, 5) is 15.1. The number of hydrogen-bond donors (Lipinski definition) is 1. The molecule has 0 aromatic carbocycles. The number of rotatable bonds is 7. The topological polar surface area (TPSA) is 46.3 Å². The lowest BCUT2D eigenvalue weighted by Crippen LogP contribution is -2.56. The standard InChI is InChI=1S/C14H26N2OS/c1-4-6-10-16(11(3)5-2)13(17)14(12(15)18)8-7-9-14/h11H,4-10H2,1-3H3,(H2,15,18). The van der Waals surface area contributed by atoms with Gasteiger partial charge in [0.05, 0.1) is 10.4 Å². The molecule has 0 aliphatic heterocycles. The van der Waals surface area contributed by atoms with Crippen molar-refractivity contribution in [3.05, 3.63) is 0 Å². The Bertz CT molecular complexity index is 313. The molecule has 1 saturated carbocycles. The van der Waals surface area contributed by atoms with E-state index in [-0.39, 0.29) is 11.9 Å². The molecule has 1 rings (SSSR count). The highest BCUT2D eigenvalue weighted by Gasteiger charge is 2.49. The van der Waals surface area contributed by atoms with Crippen LogP contribution in [-0.4, -0.2) is 28.4 Å². The Hall–Kier alpha value is -0.640. The van der Waals surface area contributed by atoms with Crippen LogP contribution in [0.2, 0.25) is 0 Å². The van der Waals surface area contributed by atoms with Gasteiger partial charge in [-0.3, -0.25) is 4.79 Å². The van der Waals surface area contributed by atoms with Crippen molar-refractivity contribution in [3.63, 3.8) is 0 Å². The Balaban J connectivity index is 2.83. The molecule has 1 fully saturated rings. The summed E-state index contributed by atoms with van der Waals surface area (Å²) < 4.78 is 0. The Morgan fingerprint density at radius 3 is 2.39 bits per heavy atom. The normalized spacial score (nSPS) is 18.8. The average molecular weight is 270 g/mol. The van der Waals surface area contributed by atoms with Crippen LogP contribution >= 0.6 is 12.2 Å². The maximum absolute atomic E-state index is 12.8. The van der Waals surface area contributed by atoms with Crippen LogP contribution in [0.25, 0.3) is 0 Å². The van der Waals surface area contributed by atoms with Crippen LogP contribution in [0.4, 0.5) is 0 Å². The summed E-state index contributed by atoms with van der Waals surface area (Å²) in [5.41, 5.74) is 5.30. The fourth-order valence-electron chi connectivity index (χ4n) is 2.44. The van der Waals surface area contributed by atoms with E-state index in [2.05, 4.69) is 20.8 Å². The predicted molar refractivity (Wildman–Crippen MR) is 79.4 cm³/mol. The van der Waals surface area contributed by atoms with E-state index in [4.69, 9.17) is 18.0 Å². The van der Waals surface area contributed by atoms with E-state index in [1.807, 2.05) is 4.90 Å². The third kappa shape index (κ3) is 2.85. The first-order valence-corrected chi connectivity index (χ1v) is 7.51. The van der Waals surface area contributed by atoms with Gasteiger partial charge in [0.15, 0.2) is 0 Å². The van der Waals surface area contributed by atoms with Crippen molar-refractivity contribution in [2.45, 2.75) is 65.3 Å². The van der Waals surface area contributed by atoms with Crippen LogP contribution in [0.1, 0.15) is 59.3 Å². The average Bonchev–Trinajstić information content (AvgIpc) is 2.27. The summed E-state index contributed by atoms with van der Waals surface area (Å²) in [5.74, 6) is 0.170. The maximum Gasteiger partial charge on any atom is 0.235 e. The van der Waals surface area contributed by atoms with Crippen LogP contribution < -0.4 is 5.73 Å². The van der Waals surface area contributed by atoms with Gasteiger partial charge in [-0.15, -0.1) is 0 Å². The summed E-state index contributed by atoms with van der Waals surface area (Å²) in [6.45, 7) is 7.20. The first kappa shape index (κ1) is 15.4. The largest absolute Gasteiger partial charge is 0.392 e. The van der Waals surface area contributed by atoms with Gasteiger partial charge in [-0.05, 0) is 32.6 Å². The molecule has 18 heavy (non-hydrogen) atoms. The van der Waals surface area contributed by atoms with E-state index in [1.165, 1.54) is 0 Å². The van der Waals surface area contributed by atoms with Gasteiger partial charge in [-0.1, -0.05) is 38.9 Å². The van der Waals surface area contributed by atoms with Crippen molar-refractivity contribution < 1.29 is 4.79 Å². The second-order valence-corrected chi connectivity index (χ2v) is 5.85. The number of carbonyl (C=O) groups excluding carboxylic acids is 1. The van der Waals surface area contributed by atoms with Gasteiger partial charge in [0.1, 0.15) is 0 Å². The number of carbonyl (C=O) groups is 1. The highest BCUT2D eigenvalue weighted by atomic mass is 32.1. The minimum atomic E-state index is -0.521. The van der Waals surface area contributed by atoms with E-state index in [9.17, 15) is 4.79 Å². The minimum absolute atomic E-state index is 0.170. The maximum atomic E-state index is 12.8. The molecule has 0 bridgehead atoms. The molecule has 1 aliphatic carbocycles. The van der Waals surface area contributed by atoms with Gasteiger partial charge in [0.2, 0.25) is 5.91 Å². The summed E-state index contributed by atoms with van der Waals surface area (Å²) in [5, 5.41) is 0. The molecule has 0 radical (unpaired) electrons. The van der Waals surface area contributed by atoms with E-state index < -0.39 is 5.41 Å². The lowest BCUT2D eigenvalue weighted by atomic mass is 9.67. The molecule has 2 N–H and O–H groups in total. The van der Waals surface area contributed by atoms with Crippen molar-refractivity contribution >= 4 is 23.1 Å². The third-order valence-electron chi connectivity index (χ3n) is 4.22. The number of unbranched alkanes of at least 4 members (excludes halogenated alkanes) is 1. The molecule has 0 saturated heterocycles. The molecule has 1 unspecified atom stereocenters. The van der Waals surface area contributed by atoms with Gasteiger partial charge in [0, 0.05) is 12.6 Å². The van der Waals surface area contributed by atoms with E-state index in [1.54, 1.807) is 0 Å². The molecule has 4 heteroatoms. The van der Waals surface area contributed by atoms with Crippen molar-refractivity contribution in [3.8, 4) is 0 Å². The van der Waals surface area contributed by atoms with Gasteiger partial charge >= 0.3 is 0 Å². The molecule has 0 spiro atoms. The smallest absolute Gasteiger partial charge is 0.235 e. The molecule has 1 atom stereocenters. The zero-order chi connectivity index (χ0) is 13.8. The fourth-order valence-corrected chi connectivity index (χ4v) is 2.73. The number of nitrogens with two attached hydrogens (primary N) is 1. The second-order valence-electron chi connectivity index (χ2n) is 5.41. The zero-order valence-corrected chi connectivity index (χ0v) is 12.7. The van der Waals surface area contributed by atoms with E-state index >= 15 is 0 Å². The quantitative estimate of drug-likeness (QED) is 0.724. The highest BCUT2D eigenvalue weighted by Crippen LogP contribution is 2.43. The number of hydrogen-bond acceptors (Lipinski definition) is 2. The summed E-state index contributed by atoms with van der Waals surface area (Å²) in [7, 11) is 0. The molecule has 0 aromatic heterocycles. The van der Waals surface area contributed by atoms with E-state index in [0.717, 1.165) is 45.1 Å². The van der Waals surface area contributed by atoms with Gasteiger partial charge < -0.3 is 10.6 Å². The Kier molecular flexibility index (Phi) is 5.57. The first-order chi connectivity index (χ1) is 8.49. The van der Waals surface area contributed by atoms with Crippen molar-refractivity contribution in [1.29, 1.82) is 0 Å². The van der Waals surface area contributed by atoms with Crippen LogP contribution in [0.5, 0.6) is 0 Å². The zero-order valence-electron chi connectivity index (χ0n) is 11.9. The molecular weight excluding hydrogens is 244 g/mol. The van der Waals surface area contributed by atoms with Crippen LogP contribution in [-0.2, 0) is 4.79 Å². The number of thiocarbonyl (C=S) groups is 1. The number of nitrogens with zero attached hydrogens (tertiary/aromatic N) is 1. The number of amides is 1. The summed E-state index contributed by atoms with van der Waals surface area (Å²) >= 11 is 5.14. The molecule has 104 valence electrons. The van der Waals surface area contributed by atoms with Gasteiger partial charge in [-0.2, -0.15) is 0 Å². The first-order valence-electron chi connectivity index (χ1n) is 7.10. The van der Waals surface area contributed by atoms with Gasteiger partial charge in [-0.25, -0.2) is 0 Å². The summed E-state index contributed by atoms with van der Waals surface area (Å²) in [6, 6.07) is 0.274. The Labute approximate surface area is 116 Å². The van der Waals surface area contributed by atoms with Crippen molar-refractivity contribution in [2.24, 2.45) is 11.1 Å². The van der Waals surface area contributed by atoms with Crippen LogP contribution in [0.15, 0.2) is 0 Å². The SMILES string of the molecule is CCCCN(C(=O)C1(C(N)=S)CCC1)C(C)CC. The molecule has 3 nitrogen and oxygen atoms in total. The molecule has 0 heterocycles. The Morgan fingerprint density at radius 2 is 2.06 bits per heavy atom. The minimum Gasteiger partial charge on any atom is -0.392 e. The molecule has 0 aromatic rings. The predicted octanol–water partition coefficient (Wildman–Crippen LogP) is 2.87. The Morgan fingerprint density at radius 1 is 1.44 bits per heavy atom. The summed E-state index contributed by atoms with van der Waals surface area (Å²) in [6.07, 6.45) is 5.85. The molecule has 1 amide bonds. The molecule has 1 aliphatic rings. The highest BCUT2D eigenvalue weighted by molar-refractivity contribution is 7.80. The third-order valence-corrected chi connectivity index (χ3v) is 4.62. The van der Waals surface area contributed by atoms with E-state index in [0.29, 0.717) is 4.99 Å². The fraction of sp³-hybridized carbons (Fsp3) is 0.857. The van der Waals surface area contributed by atoms with Gasteiger partial charge in [0.25, 0.3) is 0 Å². The van der Waals surface area contributed by atoms with Crippen molar-refractivity contribution in [2.75, 3.05) is 6.54 Å². The lowest BCUT2D eigenvalue weighted by Gasteiger charge is -2.44. The monoisotopic (exact) mass is 270 g/mol. The second kappa shape index (κ2) is 6.50.